The molecule has 2 heterocycles. The molecule has 0 spiro atoms. The van der Waals surface area contributed by atoms with E-state index in [4.69, 9.17) is 4.42 Å². The second kappa shape index (κ2) is 6.92. The first-order valence-corrected chi connectivity index (χ1v) is 8.44. The molecule has 0 saturated heterocycles. The lowest BCUT2D eigenvalue weighted by atomic mass is 10.2. The van der Waals surface area contributed by atoms with Crippen LogP contribution in [0, 0.1) is 0 Å². The molecule has 0 bridgehead atoms. The summed E-state index contributed by atoms with van der Waals surface area (Å²) >= 11 is 1.91. The van der Waals surface area contributed by atoms with Crippen LogP contribution in [-0.4, -0.2) is 24.2 Å². The van der Waals surface area contributed by atoms with E-state index in [-0.39, 0.29) is 5.91 Å². The Morgan fingerprint density at radius 1 is 1.36 bits per heavy atom. The summed E-state index contributed by atoms with van der Waals surface area (Å²) in [5, 5.41) is 3.45. The van der Waals surface area contributed by atoms with E-state index in [0.717, 1.165) is 24.4 Å². The Bertz CT molecular complexity index is 627. The minimum absolute atomic E-state index is 0.0213. The highest BCUT2D eigenvalue weighted by Gasteiger charge is 2.25. The van der Waals surface area contributed by atoms with Crippen LogP contribution in [0.15, 0.2) is 52.0 Å². The Hall–Kier alpha value is -1.88. The number of hydrogen-bond donors (Lipinski definition) is 1. The largest absolute Gasteiger partial charge is 0.467 e. The van der Waals surface area contributed by atoms with Gasteiger partial charge in [-0.1, -0.05) is 19.1 Å². The molecule has 116 valence electrons. The van der Waals surface area contributed by atoms with Crippen molar-refractivity contribution in [1.29, 1.82) is 0 Å². The van der Waals surface area contributed by atoms with Crippen LogP contribution < -0.4 is 10.2 Å². The predicted octanol–water partition coefficient (Wildman–Crippen LogP) is 3.29. The number of benzene rings is 1. The second-order valence-electron chi connectivity index (χ2n) is 5.35. The third-order valence-corrected chi connectivity index (χ3v) is 5.17. The van der Waals surface area contributed by atoms with Gasteiger partial charge in [0, 0.05) is 16.7 Å². The molecule has 5 heteroatoms. The van der Waals surface area contributed by atoms with Gasteiger partial charge >= 0.3 is 0 Å². The first kappa shape index (κ1) is 15.0. The molecule has 22 heavy (non-hydrogen) atoms. The van der Waals surface area contributed by atoms with Gasteiger partial charge in [-0.2, -0.15) is 0 Å². The van der Waals surface area contributed by atoms with Gasteiger partial charge in [-0.15, -0.1) is 11.8 Å². The normalized spacial score (nSPS) is 17.1. The van der Waals surface area contributed by atoms with Gasteiger partial charge in [0.2, 0.25) is 5.91 Å². The van der Waals surface area contributed by atoms with Crippen molar-refractivity contribution in [2.24, 2.45) is 0 Å². The molecule has 0 radical (unpaired) electrons. The molecule has 4 nitrogen and oxygen atoms in total. The highest BCUT2D eigenvalue weighted by Crippen LogP contribution is 2.39. The summed E-state index contributed by atoms with van der Waals surface area (Å²) in [4.78, 5) is 15.7. The number of nitrogens with one attached hydrogen (secondary N) is 1. The van der Waals surface area contributed by atoms with Crippen LogP contribution in [-0.2, 0) is 11.3 Å². The zero-order valence-electron chi connectivity index (χ0n) is 12.6. The molecule has 0 aliphatic carbocycles. The Balaban J connectivity index is 1.64. The zero-order chi connectivity index (χ0) is 15.4. The van der Waals surface area contributed by atoms with Crippen LogP contribution >= 0.6 is 11.8 Å². The molecule has 1 aliphatic heterocycles. The summed E-state index contributed by atoms with van der Waals surface area (Å²) in [6.45, 7) is 3.93. The number of para-hydroxylation sites is 1. The number of nitrogens with zero attached hydrogens (tertiary/aromatic N) is 1. The van der Waals surface area contributed by atoms with Gasteiger partial charge in [0.1, 0.15) is 5.76 Å². The molecule has 1 aromatic carbocycles. The SMILES string of the molecule is CCC1CN(CC(=O)NCc2ccco2)c2ccccc2S1. The van der Waals surface area contributed by atoms with Crippen LogP contribution in [0.5, 0.6) is 0 Å². The third kappa shape index (κ3) is 3.47. The molecule has 1 unspecified atom stereocenters. The highest BCUT2D eigenvalue weighted by molar-refractivity contribution is 8.00. The number of carbonyl (C=O) groups excluding carboxylic acids is 1. The fraction of sp³-hybridized carbons (Fsp3) is 0.353. The summed E-state index contributed by atoms with van der Waals surface area (Å²) in [5.74, 6) is 0.794. The van der Waals surface area contributed by atoms with Gasteiger partial charge in [-0.3, -0.25) is 4.79 Å². The second-order valence-corrected chi connectivity index (χ2v) is 6.69. The quantitative estimate of drug-likeness (QED) is 0.919. The minimum Gasteiger partial charge on any atom is -0.467 e. The molecule has 1 N–H and O–H groups in total. The van der Waals surface area contributed by atoms with Crippen molar-refractivity contribution in [1.82, 2.24) is 5.32 Å². The van der Waals surface area contributed by atoms with E-state index < -0.39 is 0 Å². The van der Waals surface area contributed by atoms with Crippen molar-refractivity contribution in [2.45, 2.75) is 30.0 Å². The lowest BCUT2D eigenvalue weighted by molar-refractivity contribution is -0.120. The third-order valence-electron chi connectivity index (χ3n) is 3.75. The molecule has 0 saturated carbocycles. The minimum atomic E-state index is 0.0213. The first-order valence-electron chi connectivity index (χ1n) is 7.56. The summed E-state index contributed by atoms with van der Waals surface area (Å²) in [6, 6.07) is 12.0. The van der Waals surface area contributed by atoms with E-state index in [1.807, 2.05) is 30.0 Å². The van der Waals surface area contributed by atoms with Crippen LogP contribution in [0.3, 0.4) is 0 Å². The van der Waals surface area contributed by atoms with Crippen molar-refractivity contribution < 1.29 is 9.21 Å². The lowest BCUT2D eigenvalue weighted by Crippen LogP contribution is -2.42. The number of anilines is 1. The van der Waals surface area contributed by atoms with E-state index in [0.29, 0.717) is 18.3 Å². The summed E-state index contributed by atoms with van der Waals surface area (Å²) < 4.78 is 5.23. The maximum atomic E-state index is 12.2. The summed E-state index contributed by atoms with van der Waals surface area (Å²) in [7, 11) is 0. The molecule has 1 amide bonds. The Kier molecular flexibility index (Phi) is 4.73. The van der Waals surface area contributed by atoms with Crippen LogP contribution in [0.4, 0.5) is 5.69 Å². The predicted molar refractivity (Wildman–Crippen MR) is 89.1 cm³/mol. The van der Waals surface area contributed by atoms with E-state index in [2.05, 4.69) is 35.3 Å². The van der Waals surface area contributed by atoms with E-state index >= 15 is 0 Å². The molecular formula is C17H20N2O2S. The smallest absolute Gasteiger partial charge is 0.239 e. The van der Waals surface area contributed by atoms with Gasteiger partial charge in [0.25, 0.3) is 0 Å². The monoisotopic (exact) mass is 316 g/mol. The van der Waals surface area contributed by atoms with E-state index in [9.17, 15) is 4.79 Å². The van der Waals surface area contributed by atoms with E-state index in [1.54, 1.807) is 6.26 Å². The Morgan fingerprint density at radius 3 is 3.00 bits per heavy atom. The Labute approximate surface area is 134 Å². The number of carbonyl (C=O) groups is 1. The summed E-state index contributed by atoms with van der Waals surface area (Å²) in [6.07, 6.45) is 2.72. The van der Waals surface area contributed by atoms with Crippen molar-refractivity contribution >= 4 is 23.4 Å². The van der Waals surface area contributed by atoms with Crippen molar-refractivity contribution in [3.63, 3.8) is 0 Å². The topological polar surface area (TPSA) is 45.5 Å². The standard InChI is InChI=1S/C17H20N2O2S/c1-2-14-11-19(15-7-3-4-8-16(15)22-14)12-17(20)18-10-13-6-5-9-21-13/h3-9,14H,2,10-12H2,1H3,(H,18,20). The van der Waals surface area contributed by atoms with Crippen LogP contribution in [0.1, 0.15) is 19.1 Å². The van der Waals surface area contributed by atoms with Crippen molar-refractivity contribution in [2.75, 3.05) is 18.0 Å². The first-order chi connectivity index (χ1) is 10.8. The van der Waals surface area contributed by atoms with Crippen molar-refractivity contribution in [3.05, 3.63) is 48.4 Å². The van der Waals surface area contributed by atoms with E-state index in [1.165, 1.54) is 4.90 Å². The average Bonchev–Trinajstić information content (AvgIpc) is 3.06. The molecular weight excluding hydrogens is 296 g/mol. The van der Waals surface area contributed by atoms with Gasteiger partial charge in [0.15, 0.2) is 0 Å². The molecule has 2 aromatic rings. The maximum absolute atomic E-state index is 12.2. The fourth-order valence-electron chi connectivity index (χ4n) is 2.57. The number of thioether (sulfide) groups is 1. The molecule has 1 aliphatic rings. The van der Waals surface area contributed by atoms with Crippen LogP contribution in [0.2, 0.25) is 0 Å². The summed E-state index contributed by atoms with van der Waals surface area (Å²) in [5.41, 5.74) is 1.16. The number of hydrogen-bond acceptors (Lipinski definition) is 4. The number of fused-ring (bicyclic) bond motifs is 1. The highest BCUT2D eigenvalue weighted by atomic mass is 32.2. The maximum Gasteiger partial charge on any atom is 0.239 e. The van der Waals surface area contributed by atoms with Gasteiger partial charge < -0.3 is 14.6 Å². The fourth-order valence-corrected chi connectivity index (χ4v) is 3.82. The lowest BCUT2D eigenvalue weighted by Gasteiger charge is -2.34. The van der Waals surface area contributed by atoms with Gasteiger partial charge in [-0.25, -0.2) is 0 Å². The molecule has 3 rings (SSSR count). The Morgan fingerprint density at radius 2 is 2.23 bits per heavy atom. The number of furan rings is 1. The number of rotatable bonds is 5. The van der Waals surface area contributed by atoms with Gasteiger partial charge in [-0.05, 0) is 30.7 Å². The molecule has 1 atom stereocenters. The zero-order valence-corrected chi connectivity index (χ0v) is 13.4. The van der Waals surface area contributed by atoms with Gasteiger partial charge in [0.05, 0.1) is 25.0 Å². The van der Waals surface area contributed by atoms with Crippen LogP contribution in [0.25, 0.3) is 0 Å². The van der Waals surface area contributed by atoms with Crippen molar-refractivity contribution in [3.8, 4) is 0 Å². The molecule has 0 fully saturated rings. The average molecular weight is 316 g/mol. The molecule has 1 aromatic heterocycles. The number of amides is 1.